The van der Waals surface area contributed by atoms with Gasteiger partial charge in [-0.15, -0.1) is 0 Å². The summed E-state index contributed by atoms with van der Waals surface area (Å²) in [5.74, 6) is 0. The van der Waals surface area contributed by atoms with E-state index in [1.807, 2.05) is 18.3 Å². The predicted octanol–water partition coefficient (Wildman–Crippen LogP) is 4.24. The average Bonchev–Trinajstić information content (AvgIpc) is 2.32. The maximum absolute atomic E-state index is 4.07. The van der Waals surface area contributed by atoms with Gasteiger partial charge in [0.15, 0.2) is 0 Å². The van der Waals surface area contributed by atoms with Crippen molar-refractivity contribution < 1.29 is 0 Å². The third-order valence-corrected chi connectivity index (χ3v) is 3.91. The number of anilines is 1. The Morgan fingerprint density at radius 3 is 2.59 bits per heavy atom. The van der Waals surface area contributed by atoms with Crippen LogP contribution in [0.4, 0.5) is 5.69 Å². The molecule has 17 heavy (non-hydrogen) atoms. The summed E-state index contributed by atoms with van der Waals surface area (Å²) in [7, 11) is 2.07. The largest absolute Gasteiger partial charge is 0.369 e. The van der Waals surface area contributed by atoms with Gasteiger partial charge in [-0.1, -0.05) is 34.1 Å². The molecule has 0 aliphatic heterocycles. The van der Waals surface area contributed by atoms with Gasteiger partial charge in [0.2, 0.25) is 0 Å². The van der Waals surface area contributed by atoms with Crippen LogP contribution in [0.2, 0.25) is 0 Å². The molecular formula is C13H12Br2N2. The molecule has 0 atom stereocenters. The first kappa shape index (κ1) is 12.6. The SMILES string of the molecule is CN(Cc1ccccc1Br)c1ccncc1Br. The van der Waals surface area contributed by atoms with Gasteiger partial charge in [0.25, 0.3) is 0 Å². The summed E-state index contributed by atoms with van der Waals surface area (Å²) in [5.41, 5.74) is 2.40. The minimum atomic E-state index is 0.851. The molecule has 0 spiro atoms. The molecule has 0 amide bonds. The van der Waals surface area contributed by atoms with Crippen LogP contribution in [0, 0.1) is 0 Å². The van der Waals surface area contributed by atoms with Gasteiger partial charge < -0.3 is 4.90 Å². The number of aromatic nitrogens is 1. The second-order valence-corrected chi connectivity index (χ2v) is 5.48. The van der Waals surface area contributed by atoms with Crippen LogP contribution in [0.3, 0.4) is 0 Å². The third-order valence-electron chi connectivity index (χ3n) is 2.53. The lowest BCUT2D eigenvalue weighted by Crippen LogP contribution is -2.17. The number of nitrogens with zero attached hydrogens (tertiary/aromatic N) is 2. The first-order valence-corrected chi connectivity index (χ1v) is 6.81. The lowest BCUT2D eigenvalue weighted by atomic mass is 10.2. The fraction of sp³-hybridized carbons (Fsp3) is 0.154. The Morgan fingerprint density at radius 2 is 1.88 bits per heavy atom. The molecule has 2 nitrogen and oxygen atoms in total. The highest BCUT2D eigenvalue weighted by atomic mass is 79.9. The number of benzene rings is 1. The Bertz CT molecular complexity index is 514. The first-order valence-electron chi connectivity index (χ1n) is 5.22. The van der Waals surface area contributed by atoms with Crippen LogP contribution in [0.25, 0.3) is 0 Å². The zero-order valence-electron chi connectivity index (χ0n) is 9.40. The highest BCUT2D eigenvalue weighted by molar-refractivity contribution is 9.10. The van der Waals surface area contributed by atoms with Gasteiger partial charge in [-0.2, -0.15) is 0 Å². The maximum atomic E-state index is 4.07. The summed E-state index contributed by atoms with van der Waals surface area (Å²) in [6.07, 6.45) is 3.61. The molecule has 0 bridgehead atoms. The van der Waals surface area contributed by atoms with E-state index in [0.29, 0.717) is 0 Å². The van der Waals surface area contributed by atoms with Gasteiger partial charge in [0.05, 0.1) is 10.2 Å². The standard InChI is InChI=1S/C13H12Br2N2/c1-17(13-6-7-16-8-12(13)15)9-10-4-2-3-5-11(10)14/h2-8H,9H2,1H3. The average molecular weight is 356 g/mol. The van der Waals surface area contributed by atoms with Crippen molar-refractivity contribution in [3.05, 3.63) is 57.2 Å². The van der Waals surface area contributed by atoms with Gasteiger partial charge in [-0.05, 0) is 33.6 Å². The van der Waals surface area contributed by atoms with Crippen LogP contribution in [-0.2, 0) is 6.54 Å². The molecular weight excluding hydrogens is 344 g/mol. The Hall–Kier alpha value is -0.870. The van der Waals surface area contributed by atoms with Crippen molar-refractivity contribution in [1.29, 1.82) is 0 Å². The predicted molar refractivity (Wildman–Crippen MR) is 78.2 cm³/mol. The summed E-state index contributed by atoms with van der Waals surface area (Å²) in [6.45, 7) is 0.851. The Kier molecular flexibility index (Phi) is 4.18. The number of rotatable bonds is 3. The third kappa shape index (κ3) is 3.07. The van der Waals surface area contributed by atoms with E-state index in [-0.39, 0.29) is 0 Å². The lowest BCUT2D eigenvalue weighted by Gasteiger charge is -2.21. The summed E-state index contributed by atoms with van der Waals surface area (Å²) >= 11 is 7.08. The van der Waals surface area contributed by atoms with E-state index in [2.05, 4.69) is 67.0 Å². The van der Waals surface area contributed by atoms with E-state index in [1.54, 1.807) is 6.20 Å². The summed E-state index contributed by atoms with van der Waals surface area (Å²) < 4.78 is 2.14. The Morgan fingerprint density at radius 1 is 1.12 bits per heavy atom. The summed E-state index contributed by atoms with van der Waals surface area (Å²) in [4.78, 5) is 6.26. The zero-order valence-corrected chi connectivity index (χ0v) is 12.6. The van der Waals surface area contributed by atoms with Gasteiger partial charge >= 0.3 is 0 Å². The molecule has 2 rings (SSSR count). The van der Waals surface area contributed by atoms with Crippen LogP contribution in [0.5, 0.6) is 0 Å². The molecule has 0 N–H and O–H groups in total. The molecule has 0 saturated heterocycles. The molecule has 0 radical (unpaired) electrons. The van der Waals surface area contributed by atoms with Crippen molar-refractivity contribution in [3.8, 4) is 0 Å². The van der Waals surface area contributed by atoms with E-state index in [1.165, 1.54) is 5.56 Å². The number of pyridine rings is 1. The van der Waals surface area contributed by atoms with Crippen molar-refractivity contribution in [2.45, 2.75) is 6.54 Å². The molecule has 0 aliphatic carbocycles. The van der Waals surface area contributed by atoms with Gasteiger partial charge in [0.1, 0.15) is 0 Å². The molecule has 0 fully saturated rings. The molecule has 0 unspecified atom stereocenters. The monoisotopic (exact) mass is 354 g/mol. The van der Waals surface area contributed by atoms with Gasteiger partial charge in [0, 0.05) is 30.5 Å². The van der Waals surface area contributed by atoms with E-state index >= 15 is 0 Å². The molecule has 88 valence electrons. The van der Waals surface area contributed by atoms with Crippen molar-refractivity contribution in [3.63, 3.8) is 0 Å². The van der Waals surface area contributed by atoms with Gasteiger partial charge in [-0.25, -0.2) is 0 Å². The molecule has 4 heteroatoms. The second kappa shape index (κ2) is 5.65. The van der Waals surface area contributed by atoms with Crippen LogP contribution in [-0.4, -0.2) is 12.0 Å². The number of hydrogen-bond acceptors (Lipinski definition) is 2. The molecule has 2 aromatic rings. The number of hydrogen-bond donors (Lipinski definition) is 0. The van der Waals surface area contributed by atoms with Crippen molar-refractivity contribution in [2.75, 3.05) is 11.9 Å². The van der Waals surface area contributed by atoms with Crippen molar-refractivity contribution in [1.82, 2.24) is 4.98 Å². The minimum Gasteiger partial charge on any atom is -0.369 e. The molecule has 1 aromatic heterocycles. The fourth-order valence-electron chi connectivity index (χ4n) is 1.64. The lowest BCUT2D eigenvalue weighted by molar-refractivity contribution is 0.913. The van der Waals surface area contributed by atoms with Crippen LogP contribution >= 0.6 is 31.9 Å². The highest BCUT2D eigenvalue weighted by Crippen LogP contribution is 2.26. The smallest absolute Gasteiger partial charge is 0.0592 e. The van der Waals surface area contributed by atoms with Crippen molar-refractivity contribution >= 4 is 37.5 Å². The Labute approximate surface area is 118 Å². The molecule has 0 aliphatic rings. The molecule has 1 heterocycles. The summed E-state index contributed by atoms with van der Waals surface area (Å²) in [6, 6.07) is 10.3. The molecule has 1 aromatic carbocycles. The van der Waals surface area contributed by atoms with E-state index in [9.17, 15) is 0 Å². The van der Waals surface area contributed by atoms with Crippen molar-refractivity contribution in [2.24, 2.45) is 0 Å². The van der Waals surface area contributed by atoms with Crippen LogP contribution < -0.4 is 4.90 Å². The zero-order chi connectivity index (χ0) is 12.3. The quantitative estimate of drug-likeness (QED) is 0.818. The van der Waals surface area contributed by atoms with Crippen LogP contribution in [0.15, 0.2) is 51.7 Å². The van der Waals surface area contributed by atoms with E-state index in [4.69, 9.17) is 0 Å². The fourth-order valence-corrected chi connectivity index (χ4v) is 2.61. The van der Waals surface area contributed by atoms with E-state index in [0.717, 1.165) is 21.2 Å². The van der Waals surface area contributed by atoms with E-state index < -0.39 is 0 Å². The first-order chi connectivity index (χ1) is 8.18. The molecule has 0 saturated carbocycles. The van der Waals surface area contributed by atoms with Gasteiger partial charge in [-0.3, -0.25) is 4.98 Å². The number of halogens is 2. The summed E-state index contributed by atoms with van der Waals surface area (Å²) in [5, 5.41) is 0. The maximum Gasteiger partial charge on any atom is 0.0592 e. The topological polar surface area (TPSA) is 16.1 Å². The van der Waals surface area contributed by atoms with Crippen LogP contribution in [0.1, 0.15) is 5.56 Å². The Balaban J connectivity index is 2.20. The normalized spacial score (nSPS) is 10.3. The second-order valence-electron chi connectivity index (χ2n) is 3.77. The highest BCUT2D eigenvalue weighted by Gasteiger charge is 2.07. The minimum absolute atomic E-state index is 0.851.